The van der Waals surface area contributed by atoms with Crippen LogP contribution in [-0.4, -0.2) is 35.8 Å². The number of amides is 1. The maximum atomic E-state index is 12.1. The van der Waals surface area contributed by atoms with E-state index in [0.29, 0.717) is 0 Å². The second kappa shape index (κ2) is 7.63. The quantitative estimate of drug-likeness (QED) is 0.804. The van der Waals surface area contributed by atoms with Crippen molar-refractivity contribution in [2.24, 2.45) is 0 Å². The van der Waals surface area contributed by atoms with Crippen LogP contribution in [0.2, 0.25) is 0 Å². The lowest BCUT2D eigenvalue weighted by Gasteiger charge is -2.16. The molecule has 2 N–H and O–H groups in total. The molecule has 0 aliphatic carbocycles. The summed E-state index contributed by atoms with van der Waals surface area (Å²) < 4.78 is 41.4. The van der Waals surface area contributed by atoms with Gasteiger partial charge in [-0.3, -0.25) is 4.79 Å². The molecule has 0 heterocycles. The average molecular weight is 305 g/mol. The number of carbonyl (C=O) groups excluding carboxylic acids is 1. The van der Waals surface area contributed by atoms with E-state index >= 15 is 0 Å². The number of hydrogen-bond donors (Lipinski definition) is 2. The van der Waals surface area contributed by atoms with Crippen molar-refractivity contribution in [2.45, 2.75) is 25.2 Å². The smallest absolute Gasteiger partial charge is 0.391 e. The molecule has 0 saturated heterocycles. The maximum absolute atomic E-state index is 12.1. The summed E-state index contributed by atoms with van der Waals surface area (Å²) in [7, 11) is 0. The topological polar surface area (TPSA) is 75.6 Å². The van der Waals surface area contributed by atoms with Gasteiger partial charge in [-0.15, -0.1) is 0 Å². The molecule has 1 amide bonds. The molecule has 0 aromatic heterocycles. The lowest BCUT2D eigenvalue weighted by Crippen LogP contribution is -2.44. The molecule has 1 rings (SSSR count). The van der Waals surface area contributed by atoms with Gasteiger partial charge >= 0.3 is 12.1 Å². The molecule has 0 spiro atoms. The van der Waals surface area contributed by atoms with E-state index in [1.165, 1.54) is 0 Å². The number of aliphatic carboxylic acids is 1. The van der Waals surface area contributed by atoms with Crippen molar-refractivity contribution in [3.8, 4) is 0 Å². The summed E-state index contributed by atoms with van der Waals surface area (Å²) in [6, 6.07) is 6.82. The highest BCUT2D eigenvalue weighted by Gasteiger charge is 2.36. The third kappa shape index (κ3) is 7.31. The van der Waals surface area contributed by atoms with E-state index in [0.717, 1.165) is 5.56 Å². The molecule has 8 heteroatoms. The van der Waals surface area contributed by atoms with Gasteiger partial charge in [0.15, 0.2) is 0 Å². The molecule has 0 fully saturated rings. The monoisotopic (exact) mass is 305 g/mol. The first-order chi connectivity index (χ1) is 9.78. The maximum Gasteiger partial charge on any atom is 0.391 e. The Hall–Kier alpha value is -2.09. The highest BCUT2D eigenvalue weighted by molar-refractivity contribution is 5.84. The van der Waals surface area contributed by atoms with Crippen LogP contribution in [-0.2, 0) is 20.9 Å². The molecule has 1 unspecified atom stereocenters. The number of halogens is 3. The Morgan fingerprint density at radius 1 is 1.24 bits per heavy atom. The number of carboxylic acid groups (broad SMARTS) is 1. The standard InChI is InChI=1S/C13H14F3NO4/c14-13(15,16)6-10(12(19)20)17-11(18)8-21-7-9-4-2-1-3-5-9/h1-5,10H,6-8H2,(H,17,18)(H,19,20). The average Bonchev–Trinajstić information content (AvgIpc) is 2.37. The molecule has 1 aromatic carbocycles. The second-order valence-electron chi connectivity index (χ2n) is 4.26. The van der Waals surface area contributed by atoms with E-state index in [4.69, 9.17) is 9.84 Å². The normalized spacial score (nSPS) is 12.7. The number of rotatable bonds is 7. The molecule has 0 saturated carbocycles. The van der Waals surface area contributed by atoms with E-state index in [-0.39, 0.29) is 6.61 Å². The van der Waals surface area contributed by atoms with Crippen molar-refractivity contribution in [3.05, 3.63) is 35.9 Å². The summed E-state index contributed by atoms with van der Waals surface area (Å²) in [4.78, 5) is 22.0. The fourth-order valence-corrected chi connectivity index (χ4v) is 1.50. The minimum atomic E-state index is -4.68. The number of carbonyl (C=O) groups is 2. The van der Waals surface area contributed by atoms with Crippen molar-refractivity contribution in [1.29, 1.82) is 0 Å². The van der Waals surface area contributed by atoms with Crippen LogP contribution in [0, 0.1) is 0 Å². The summed E-state index contributed by atoms with van der Waals surface area (Å²) in [6.45, 7) is -0.415. The van der Waals surface area contributed by atoms with Crippen LogP contribution < -0.4 is 5.32 Å². The molecule has 5 nitrogen and oxygen atoms in total. The van der Waals surface area contributed by atoms with Gasteiger partial charge in [0.05, 0.1) is 13.0 Å². The number of carboxylic acids is 1. The number of ether oxygens (including phenoxy) is 1. The van der Waals surface area contributed by atoms with Gasteiger partial charge in [-0.1, -0.05) is 30.3 Å². The molecule has 0 aliphatic rings. The Morgan fingerprint density at radius 3 is 2.38 bits per heavy atom. The molecule has 0 aliphatic heterocycles. The van der Waals surface area contributed by atoms with Crippen LogP contribution in [0.3, 0.4) is 0 Å². The zero-order chi connectivity index (χ0) is 15.9. The van der Waals surface area contributed by atoms with E-state index in [9.17, 15) is 22.8 Å². The van der Waals surface area contributed by atoms with Gasteiger partial charge in [-0.2, -0.15) is 13.2 Å². The first-order valence-corrected chi connectivity index (χ1v) is 5.98. The Balaban J connectivity index is 2.38. The Kier molecular flexibility index (Phi) is 6.16. The molecular weight excluding hydrogens is 291 g/mol. The van der Waals surface area contributed by atoms with Gasteiger partial charge in [0, 0.05) is 0 Å². The van der Waals surface area contributed by atoms with E-state index < -0.39 is 37.1 Å². The van der Waals surface area contributed by atoms with Crippen LogP contribution in [0.1, 0.15) is 12.0 Å². The second-order valence-corrected chi connectivity index (χ2v) is 4.26. The zero-order valence-corrected chi connectivity index (χ0v) is 10.9. The minimum Gasteiger partial charge on any atom is -0.480 e. The number of nitrogens with one attached hydrogen (secondary N) is 1. The molecule has 21 heavy (non-hydrogen) atoms. The van der Waals surface area contributed by atoms with Crippen molar-refractivity contribution >= 4 is 11.9 Å². The van der Waals surface area contributed by atoms with Gasteiger partial charge in [0.1, 0.15) is 12.6 Å². The SMILES string of the molecule is O=C(COCc1ccccc1)NC(CC(F)(F)F)C(=O)O. The highest BCUT2D eigenvalue weighted by Crippen LogP contribution is 2.21. The minimum absolute atomic E-state index is 0.102. The Morgan fingerprint density at radius 2 is 1.86 bits per heavy atom. The molecule has 0 radical (unpaired) electrons. The van der Waals surface area contributed by atoms with Gasteiger partial charge < -0.3 is 15.2 Å². The third-order valence-corrected chi connectivity index (χ3v) is 2.41. The van der Waals surface area contributed by atoms with Gasteiger partial charge in [0.25, 0.3) is 0 Å². The number of hydrogen-bond acceptors (Lipinski definition) is 3. The van der Waals surface area contributed by atoms with Crippen LogP contribution >= 0.6 is 0 Å². The van der Waals surface area contributed by atoms with Crippen LogP contribution in [0.4, 0.5) is 13.2 Å². The molecule has 116 valence electrons. The number of benzene rings is 1. The molecule has 1 aromatic rings. The summed E-state index contributed by atoms with van der Waals surface area (Å²) >= 11 is 0. The van der Waals surface area contributed by atoms with E-state index in [1.54, 1.807) is 35.6 Å². The van der Waals surface area contributed by atoms with Gasteiger partial charge in [-0.25, -0.2) is 4.79 Å². The van der Waals surface area contributed by atoms with E-state index in [2.05, 4.69) is 0 Å². The van der Waals surface area contributed by atoms with Crippen molar-refractivity contribution in [3.63, 3.8) is 0 Å². The Bertz CT molecular complexity index is 476. The number of alkyl halides is 3. The van der Waals surface area contributed by atoms with Crippen LogP contribution in [0.5, 0.6) is 0 Å². The summed E-state index contributed by atoms with van der Waals surface area (Å²) in [6.07, 6.45) is -6.31. The lowest BCUT2D eigenvalue weighted by molar-refractivity contribution is -0.160. The van der Waals surface area contributed by atoms with Crippen molar-refractivity contribution in [1.82, 2.24) is 5.32 Å². The predicted octanol–water partition coefficient (Wildman–Crippen LogP) is 1.73. The summed E-state index contributed by atoms with van der Waals surface area (Å²) in [5.41, 5.74) is 0.787. The summed E-state index contributed by atoms with van der Waals surface area (Å²) in [5.74, 6) is -2.66. The predicted molar refractivity (Wildman–Crippen MR) is 66.3 cm³/mol. The lowest BCUT2D eigenvalue weighted by atomic mass is 10.2. The van der Waals surface area contributed by atoms with E-state index in [1.807, 2.05) is 0 Å². The molecular formula is C13H14F3NO4. The largest absolute Gasteiger partial charge is 0.480 e. The zero-order valence-electron chi connectivity index (χ0n) is 10.9. The first kappa shape index (κ1) is 17.0. The Labute approximate surface area is 118 Å². The highest BCUT2D eigenvalue weighted by atomic mass is 19.4. The van der Waals surface area contributed by atoms with Crippen LogP contribution in [0.15, 0.2) is 30.3 Å². The van der Waals surface area contributed by atoms with Crippen LogP contribution in [0.25, 0.3) is 0 Å². The fraction of sp³-hybridized carbons (Fsp3) is 0.385. The fourth-order valence-electron chi connectivity index (χ4n) is 1.50. The van der Waals surface area contributed by atoms with Gasteiger partial charge in [-0.05, 0) is 5.56 Å². The first-order valence-electron chi connectivity index (χ1n) is 5.98. The summed E-state index contributed by atoms with van der Waals surface area (Å²) in [5, 5.41) is 10.4. The molecule has 0 bridgehead atoms. The van der Waals surface area contributed by atoms with Crippen molar-refractivity contribution in [2.75, 3.05) is 6.61 Å². The van der Waals surface area contributed by atoms with Gasteiger partial charge in [0.2, 0.25) is 5.91 Å². The molecule has 1 atom stereocenters. The van der Waals surface area contributed by atoms with Crippen molar-refractivity contribution < 1.29 is 32.6 Å². The third-order valence-electron chi connectivity index (χ3n) is 2.41.